The first-order valence-corrected chi connectivity index (χ1v) is 2.98. The fraction of sp³-hybridized carbons (Fsp3) is 0.750. The minimum absolute atomic E-state index is 1.36. The third-order valence-electron chi connectivity index (χ3n) is 1.37. The minimum Gasteiger partial charge on any atom is -0.481 e. The molecule has 9 heteroatoms. The molecule has 0 saturated carbocycles. The molecule has 74 valence electrons. The Balaban J connectivity index is 4.98. The molecule has 0 bridgehead atoms. The van der Waals surface area contributed by atoms with Crippen LogP contribution in [-0.4, -0.2) is 38.3 Å². The van der Waals surface area contributed by atoms with E-state index in [1.165, 1.54) is 0 Å². The molecule has 9 nitrogen and oxygen atoms in total. The first-order chi connectivity index (χ1) is 5.86. The fourth-order valence-corrected chi connectivity index (χ4v) is 0.609. The lowest BCUT2D eigenvalue weighted by Crippen LogP contribution is -2.51. The van der Waals surface area contributed by atoms with E-state index < -0.39 is 34.5 Å². The molecule has 0 atom stereocenters. The summed E-state index contributed by atoms with van der Waals surface area (Å²) in [4.78, 5) is 27.6. The molecule has 0 saturated heterocycles. The van der Waals surface area contributed by atoms with Crippen molar-refractivity contribution in [2.24, 2.45) is 0 Å². The highest BCUT2D eigenvalue weighted by Gasteiger charge is 2.57. The van der Waals surface area contributed by atoms with Gasteiger partial charge in [0.2, 0.25) is 0 Å². The van der Waals surface area contributed by atoms with E-state index in [1.807, 2.05) is 0 Å². The van der Waals surface area contributed by atoms with E-state index in [4.69, 9.17) is 10.2 Å². The van der Waals surface area contributed by atoms with Crippen LogP contribution in [0.1, 0.15) is 6.42 Å². The van der Waals surface area contributed by atoms with Crippen molar-refractivity contribution < 1.29 is 24.9 Å². The lowest BCUT2D eigenvalue weighted by Gasteiger charge is -2.11. The average Bonchev–Trinajstić information content (AvgIpc) is 1.98. The number of hydrogen-bond donors (Lipinski definition) is 2. The van der Waals surface area contributed by atoms with Crippen molar-refractivity contribution in [3.8, 4) is 0 Å². The molecule has 0 aliphatic heterocycles. The Hall–Kier alpha value is -1.77. The summed E-state index contributed by atoms with van der Waals surface area (Å²) in [5.41, 5.74) is -3.04. The number of nitro groups is 2. The predicted molar refractivity (Wildman–Crippen MR) is 36.1 cm³/mol. The number of carboxylic acids is 1. The zero-order chi connectivity index (χ0) is 10.6. The largest absolute Gasteiger partial charge is 0.490 e. The van der Waals surface area contributed by atoms with Gasteiger partial charge in [0.1, 0.15) is 9.85 Å². The summed E-state index contributed by atoms with van der Waals surface area (Å²) in [6.45, 7) is -1.46. The number of nitrogens with zero attached hydrogens (tertiary/aromatic N) is 2. The molecule has 0 rings (SSSR count). The summed E-state index contributed by atoms with van der Waals surface area (Å²) in [7, 11) is 0. The Bertz CT molecular complexity index is 235. The molecule has 0 aromatic heterocycles. The summed E-state index contributed by atoms with van der Waals surface area (Å²) in [5.74, 6) is -1.72. The smallest absolute Gasteiger partial charge is 0.481 e. The maximum atomic E-state index is 10.2. The fourth-order valence-electron chi connectivity index (χ4n) is 0.609. The van der Waals surface area contributed by atoms with Crippen molar-refractivity contribution in [2.75, 3.05) is 6.61 Å². The Morgan fingerprint density at radius 1 is 1.31 bits per heavy atom. The molecule has 0 fully saturated rings. The summed E-state index contributed by atoms with van der Waals surface area (Å²) in [6.07, 6.45) is -1.36. The van der Waals surface area contributed by atoms with Crippen LogP contribution in [0, 0.1) is 20.2 Å². The lowest BCUT2D eigenvalue weighted by atomic mass is 10.1. The van der Waals surface area contributed by atoms with Crippen LogP contribution in [0.3, 0.4) is 0 Å². The maximum absolute atomic E-state index is 10.2. The number of aliphatic carboxylic acids is 1. The van der Waals surface area contributed by atoms with E-state index in [0.717, 1.165) is 0 Å². The Labute approximate surface area is 70.9 Å². The first-order valence-electron chi connectivity index (χ1n) is 2.98. The van der Waals surface area contributed by atoms with Gasteiger partial charge in [-0.1, -0.05) is 0 Å². The summed E-state index contributed by atoms with van der Waals surface area (Å²) in [5, 5.41) is 36.9. The quantitative estimate of drug-likeness (QED) is 0.314. The van der Waals surface area contributed by atoms with Crippen molar-refractivity contribution >= 4 is 5.97 Å². The van der Waals surface area contributed by atoms with E-state index >= 15 is 0 Å². The number of rotatable bonds is 5. The number of aliphatic hydroxyl groups excluding tert-OH is 1. The molecule has 0 amide bonds. The zero-order valence-electron chi connectivity index (χ0n) is 6.24. The van der Waals surface area contributed by atoms with Crippen molar-refractivity contribution in [3.05, 3.63) is 20.2 Å². The summed E-state index contributed by atoms with van der Waals surface area (Å²) >= 11 is 0. The molecule has 0 aromatic carbocycles. The topological polar surface area (TPSA) is 144 Å². The molecule has 0 radical (unpaired) electrons. The van der Waals surface area contributed by atoms with Crippen molar-refractivity contribution in [1.29, 1.82) is 0 Å². The van der Waals surface area contributed by atoms with Crippen LogP contribution in [-0.2, 0) is 4.79 Å². The van der Waals surface area contributed by atoms with Gasteiger partial charge in [0.05, 0.1) is 0 Å². The van der Waals surface area contributed by atoms with Gasteiger partial charge in [0.15, 0.2) is 13.0 Å². The van der Waals surface area contributed by atoms with Gasteiger partial charge in [-0.25, -0.2) is 0 Å². The summed E-state index contributed by atoms with van der Waals surface area (Å²) < 4.78 is 0. The second kappa shape index (κ2) is 3.76. The number of aliphatic hydroxyl groups is 1. The van der Waals surface area contributed by atoms with Crippen LogP contribution in [0.5, 0.6) is 0 Å². The number of carboxylic acid groups (broad SMARTS) is 1. The molecule has 0 unspecified atom stereocenters. The maximum Gasteiger partial charge on any atom is 0.490 e. The minimum atomic E-state index is -3.04. The van der Waals surface area contributed by atoms with Crippen LogP contribution in [0.15, 0.2) is 0 Å². The van der Waals surface area contributed by atoms with Gasteiger partial charge in [-0.05, 0) is 0 Å². The van der Waals surface area contributed by atoms with Gasteiger partial charge in [-0.3, -0.25) is 25.0 Å². The van der Waals surface area contributed by atoms with E-state index in [9.17, 15) is 25.0 Å². The third kappa shape index (κ3) is 2.08. The van der Waals surface area contributed by atoms with Gasteiger partial charge in [-0.2, -0.15) is 0 Å². The molecular weight excluding hydrogens is 188 g/mol. The van der Waals surface area contributed by atoms with Gasteiger partial charge in [0.25, 0.3) is 0 Å². The highest BCUT2D eigenvalue weighted by molar-refractivity contribution is 5.67. The van der Waals surface area contributed by atoms with Crippen LogP contribution >= 0.6 is 0 Å². The SMILES string of the molecule is O=C(O)CC(CO)([N+](=O)[O-])[N+](=O)[O-]. The van der Waals surface area contributed by atoms with Crippen LogP contribution in [0.2, 0.25) is 0 Å². The first kappa shape index (κ1) is 11.2. The predicted octanol–water partition coefficient (Wildman–Crippen LogP) is -1.30. The molecular formula is C4H6N2O7. The molecule has 0 heterocycles. The number of carbonyl (C=O) groups is 1. The Kier molecular flexibility index (Phi) is 3.25. The van der Waals surface area contributed by atoms with Crippen LogP contribution in [0.25, 0.3) is 0 Å². The van der Waals surface area contributed by atoms with Crippen molar-refractivity contribution in [1.82, 2.24) is 0 Å². The molecule has 0 spiro atoms. The highest BCUT2D eigenvalue weighted by atomic mass is 16.7. The second-order valence-electron chi connectivity index (χ2n) is 2.23. The highest BCUT2D eigenvalue weighted by Crippen LogP contribution is 2.15. The third-order valence-corrected chi connectivity index (χ3v) is 1.37. The van der Waals surface area contributed by atoms with Gasteiger partial charge in [0, 0.05) is 0 Å². The Morgan fingerprint density at radius 2 is 1.69 bits per heavy atom. The lowest BCUT2D eigenvalue weighted by molar-refractivity contribution is -0.797. The average molecular weight is 194 g/mol. The molecule has 2 N–H and O–H groups in total. The monoisotopic (exact) mass is 194 g/mol. The number of hydrogen-bond acceptors (Lipinski definition) is 6. The van der Waals surface area contributed by atoms with E-state index in [2.05, 4.69) is 0 Å². The molecule has 13 heavy (non-hydrogen) atoms. The van der Waals surface area contributed by atoms with Gasteiger partial charge in [-0.15, -0.1) is 0 Å². The normalized spacial score (nSPS) is 10.8. The van der Waals surface area contributed by atoms with Gasteiger partial charge >= 0.3 is 11.6 Å². The Morgan fingerprint density at radius 3 is 1.77 bits per heavy atom. The van der Waals surface area contributed by atoms with E-state index in [0.29, 0.717) is 0 Å². The zero-order valence-corrected chi connectivity index (χ0v) is 6.24. The van der Waals surface area contributed by atoms with Crippen LogP contribution < -0.4 is 0 Å². The van der Waals surface area contributed by atoms with Crippen LogP contribution in [0.4, 0.5) is 0 Å². The molecule has 0 aliphatic carbocycles. The van der Waals surface area contributed by atoms with Crippen molar-refractivity contribution in [3.63, 3.8) is 0 Å². The van der Waals surface area contributed by atoms with Gasteiger partial charge < -0.3 is 10.2 Å². The standard InChI is InChI=1S/C4H6N2O7/c7-2-4(5(10)11,6(12)13)1-3(8)9/h7H,1-2H2,(H,8,9). The second-order valence-corrected chi connectivity index (χ2v) is 2.23. The van der Waals surface area contributed by atoms with Crippen molar-refractivity contribution in [2.45, 2.75) is 12.1 Å². The molecule has 0 aliphatic rings. The summed E-state index contributed by atoms with van der Waals surface area (Å²) in [6, 6.07) is 0. The molecule has 0 aromatic rings. The van der Waals surface area contributed by atoms with E-state index in [-0.39, 0.29) is 0 Å². The van der Waals surface area contributed by atoms with E-state index in [1.54, 1.807) is 0 Å².